The van der Waals surface area contributed by atoms with Gasteiger partial charge >= 0.3 is 0 Å². The predicted octanol–water partition coefficient (Wildman–Crippen LogP) is 4.39. The largest absolute Gasteiger partial charge is 0.468 e. The Labute approximate surface area is 184 Å². The number of carbonyl (C=O) groups excluding carboxylic acids is 1. The zero-order valence-electron chi connectivity index (χ0n) is 15.6. The van der Waals surface area contributed by atoms with Crippen LogP contribution in [0.3, 0.4) is 0 Å². The van der Waals surface area contributed by atoms with Crippen molar-refractivity contribution in [2.24, 2.45) is 0 Å². The summed E-state index contributed by atoms with van der Waals surface area (Å²) >= 11 is 11.9. The lowest BCUT2D eigenvalue weighted by molar-refractivity contribution is -0.116. The third-order valence-electron chi connectivity index (χ3n) is 4.10. The van der Waals surface area contributed by atoms with Crippen LogP contribution in [0.15, 0.2) is 76.2 Å². The van der Waals surface area contributed by atoms with Gasteiger partial charge in [0.2, 0.25) is 15.9 Å². The normalized spacial score (nSPS) is 11.7. The van der Waals surface area contributed by atoms with E-state index in [4.69, 9.17) is 27.6 Å². The second kappa shape index (κ2) is 9.95. The Hall–Kier alpha value is -2.58. The molecule has 3 rings (SSSR count). The molecule has 0 unspecified atom stereocenters. The van der Waals surface area contributed by atoms with Crippen LogP contribution in [0.1, 0.15) is 16.9 Å². The summed E-state index contributed by atoms with van der Waals surface area (Å²) in [5.41, 5.74) is 1.43. The molecular formula is C21H18Cl2N2O4S. The van der Waals surface area contributed by atoms with Gasteiger partial charge in [-0.25, -0.2) is 13.1 Å². The van der Waals surface area contributed by atoms with Gasteiger partial charge in [-0.05, 0) is 53.6 Å². The third kappa shape index (κ3) is 6.21. The lowest BCUT2D eigenvalue weighted by atomic mass is 10.2. The third-order valence-corrected chi connectivity index (χ3v) is 6.11. The summed E-state index contributed by atoms with van der Waals surface area (Å²) in [5.74, 6) is 0.210. The number of halogens is 2. The summed E-state index contributed by atoms with van der Waals surface area (Å²) in [6.07, 6.45) is 4.43. The highest BCUT2D eigenvalue weighted by atomic mass is 35.5. The van der Waals surface area contributed by atoms with Crippen LogP contribution in [0.4, 0.5) is 0 Å². The molecule has 6 nitrogen and oxygen atoms in total. The molecule has 2 N–H and O–H groups in total. The Balaban J connectivity index is 1.55. The number of nitrogens with one attached hydrogen (secondary N) is 2. The summed E-state index contributed by atoms with van der Waals surface area (Å²) in [5, 5.41) is 3.73. The van der Waals surface area contributed by atoms with Crippen molar-refractivity contribution in [3.05, 3.63) is 93.9 Å². The van der Waals surface area contributed by atoms with Crippen LogP contribution in [0.5, 0.6) is 0 Å². The minimum atomic E-state index is -3.67. The number of benzene rings is 2. The van der Waals surface area contributed by atoms with E-state index < -0.39 is 10.0 Å². The van der Waals surface area contributed by atoms with Crippen molar-refractivity contribution in [1.82, 2.24) is 10.0 Å². The second-order valence-corrected chi connectivity index (χ2v) is 8.87. The van der Waals surface area contributed by atoms with Gasteiger partial charge < -0.3 is 9.73 Å². The molecule has 0 aliphatic heterocycles. The molecule has 156 valence electrons. The number of carbonyl (C=O) groups is 1. The van der Waals surface area contributed by atoms with E-state index in [9.17, 15) is 13.2 Å². The molecule has 0 spiro atoms. The van der Waals surface area contributed by atoms with E-state index in [-0.39, 0.29) is 23.9 Å². The van der Waals surface area contributed by atoms with Gasteiger partial charge in [0.05, 0.1) is 17.7 Å². The van der Waals surface area contributed by atoms with Crippen LogP contribution >= 0.6 is 23.2 Å². The van der Waals surface area contributed by atoms with Gasteiger partial charge in [0.25, 0.3) is 0 Å². The molecule has 0 bridgehead atoms. The minimum absolute atomic E-state index is 0.0643. The van der Waals surface area contributed by atoms with Gasteiger partial charge in [-0.15, -0.1) is 0 Å². The number of furan rings is 1. The smallest absolute Gasteiger partial charge is 0.244 e. The average Bonchev–Trinajstić information content (AvgIpc) is 3.24. The molecule has 0 saturated carbocycles. The summed E-state index contributed by atoms with van der Waals surface area (Å²) in [7, 11) is -3.67. The highest BCUT2D eigenvalue weighted by Gasteiger charge is 2.14. The van der Waals surface area contributed by atoms with Crippen molar-refractivity contribution in [1.29, 1.82) is 0 Å². The highest BCUT2D eigenvalue weighted by molar-refractivity contribution is 7.89. The molecule has 0 atom stereocenters. The predicted molar refractivity (Wildman–Crippen MR) is 117 cm³/mol. The Morgan fingerprint density at radius 2 is 1.80 bits per heavy atom. The summed E-state index contributed by atoms with van der Waals surface area (Å²) in [6.45, 7) is 0.326. The molecule has 1 aromatic heterocycles. The quantitative estimate of drug-likeness (QED) is 0.483. The van der Waals surface area contributed by atoms with E-state index in [0.29, 0.717) is 21.4 Å². The molecule has 0 saturated heterocycles. The van der Waals surface area contributed by atoms with Gasteiger partial charge in [-0.1, -0.05) is 41.4 Å². The maximum absolute atomic E-state index is 12.3. The fraction of sp³-hybridized carbons (Fsp3) is 0.0952. The van der Waals surface area contributed by atoms with E-state index >= 15 is 0 Å². The van der Waals surface area contributed by atoms with Gasteiger partial charge in [0, 0.05) is 22.7 Å². The van der Waals surface area contributed by atoms with Crippen molar-refractivity contribution in [3.63, 3.8) is 0 Å². The first-order chi connectivity index (χ1) is 14.3. The molecule has 1 heterocycles. The second-order valence-electron chi connectivity index (χ2n) is 6.26. The maximum atomic E-state index is 12.3. The molecule has 0 aliphatic carbocycles. The van der Waals surface area contributed by atoms with Crippen LogP contribution in [-0.2, 0) is 27.9 Å². The maximum Gasteiger partial charge on any atom is 0.244 e. The van der Waals surface area contributed by atoms with Crippen LogP contribution in [0.2, 0.25) is 10.0 Å². The Kier molecular flexibility index (Phi) is 7.33. The number of hydrogen-bond donors (Lipinski definition) is 2. The zero-order chi connectivity index (χ0) is 21.6. The first kappa shape index (κ1) is 22.1. The Bertz CT molecular complexity index is 1140. The van der Waals surface area contributed by atoms with Gasteiger partial charge in [0.15, 0.2) is 0 Å². The molecule has 0 radical (unpaired) electrons. The summed E-state index contributed by atoms with van der Waals surface area (Å²) < 4.78 is 32.2. The van der Waals surface area contributed by atoms with E-state index in [1.807, 2.05) is 0 Å². The van der Waals surface area contributed by atoms with E-state index in [2.05, 4.69) is 10.0 Å². The topological polar surface area (TPSA) is 88.4 Å². The molecule has 3 aromatic rings. The van der Waals surface area contributed by atoms with Crippen molar-refractivity contribution >= 4 is 45.2 Å². The standard InChI is InChI=1S/C21H18Cl2N2O4S/c22-17-7-6-16(20(23)12-17)13-24-21(26)10-5-15-3-8-19(9-4-15)30(27,28)25-14-18-2-1-11-29-18/h1-12,25H,13-14H2,(H,24,26)/b10-5+. The van der Waals surface area contributed by atoms with Crippen LogP contribution in [-0.4, -0.2) is 14.3 Å². The lowest BCUT2D eigenvalue weighted by Gasteiger charge is -2.06. The SMILES string of the molecule is O=C(/C=C/c1ccc(S(=O)(=O)NCc2ccco2)cc1)NCc1ccc(Cl)cc1Cl. The van der Waals surface area contributed by atoms with Gasteiger partial charge in [0.1, 0.15) is 5.76 Å². The summed E-state index contributed by atoms with van der Waals surface area (Å²) in [4.78, 5) is 12.1. The molecule has 30 heavy (non-hydrogen) atoms. The van der Waals surface area contributed by atoms with Gasteiger partial charge in [-0.3, -0.25) is 4.79 Å². The lowest BCUT2D eigenvalue weighted by Crippen LogP contribution is -2.22. The van der Waals surface area contributed by atoms with Crippen molar-refractivity contribution < 1.29 is 17.6 Å². The number of rotatable bonds is 8. The number of hydrogen-bond acceptors (Lipinski definition) is 4. The first-order valence-electron chi connectivity index (χ1n) is 8.85. The van der Waals surface area contributed by atoms with Gasteiger partial charge in [-0.2, -0.15) is 0 Å². The molecule has 0 aliphatic rings. The van der Waals surface area contributed by atoms with E-state index in [1.54, 1.807) is 48.5 Å². The van der Waals surface area contributed by atoms with E-state index in [0.717, 1.165) is 5.56 Å². The average molecular weight is 465 g/mol. The zero-order valence-corrected chi connectivity index (χ0v) is 18.0. The minimum Gasteiger partial charge on any atom is -0.468 e. The van der Waals surface area contributed by atoms with Crippen molar-refractivity contribution in [2.75, 3.05) is 0 Å². The molecular weight excluding hydrogens is 447 g/mol. The monoisotopic (exact) mass is 464 g/mol. The highest BCUT2D eigenvalue weighted by Crippen LogP contribution is 2.20. The fourth-order valence-electron chi connectivity index (χ4n) is 2.50. The molecule has 1 amide bonds. The van der Waals surface area contributed by atoms with Crippen LogP contribution < -0.4 is 10.0 Å². The number of sulfonamides is 1. The van der Waals surface area contributed by atoms with Crippen LogP contribution in [0.25, 0.3) is 6.08 Å². The van der Waals surface area contributed by atoms with E-state index in [1.165, 1.54) is 24.5 Å². The van der Waals surface area contributed by atoms with Crippen molar-refractivity contribution in [2.45, 2.75) is 18.0 Å². The Morgan fingerprint density at radius 1 is 1.03 bits per heavy atom. The van der Waals surface area contributed by atoms with Crippen LogP contribution in [0, 0.1) is 0 Å². The Morgan fingerprint density at radius 3 is 2.47 bits per heavy atom. The fourth-order valence-corrected chi connectivity index (χ4v) is 3.97. The summed E-state index contributed by atoms with van der Waals surface area (Å²) in [6, 6.07) is 14.6. The van der Waals surface area contributed by atoms with Crippen molar-refractivity contribution in [3.8, 4) is 0 Å². The molecule has 0 fully saturated rings. The first-order valence-corrected chi connectivity index (χ1v) is 11.1. The number of amides is 1. The molecule has 9 heteroatoms. The molecule has 2 aromatic carbocycles.